The molecule has 2 aromatic carbocycles. The number of ether oxygens (including phenoxy) is 1. The van der Waals surface area contributed by atoms with Crippen molar-refractivity contribution in [1.82, 2.24) is 0 Å². The van der Waals surface area contributed by atoms with E-state index in [0.29, 0.717) is 10.6 Å². The van der Waals surface area contributed by atoms with Crippen molar-refractivity contribution in [2.45, 2.75) is 0 Å². The van der Waals surface area contributed by atoms with E-state index in [1.807, 2.05) is 30.3 Å². The van der Waals surface area contributed by atoms with Crippen molar-refractivity contribution < 1.29 is 9.53 Å². The fourth-order valence-electron chi connectivity index (χ4n) is 1.39. The summed E-state index contributed by atoms with van der Waals surface area (Å²) in [5, 5.41) is 0.717. The zero-order valence-corrected chi connectivity index (χ0v) is 13.0. The van der Waals surface area contributed by atoms with E-state index < -0.39 is 0 Å². The van der Waals surface area contributed by atoms with Crippen LogP contribution in [0.25, 0.3) is 0 Å². The Morgan fingerprint density at radius 3 is 2.50 bits per heavy atom. The Bertz CT molecular complexity index is 627. The third-order valence-corrected chi connectivity index (χ3v) is 4.17. The summed E-state index contributed by atoms with van der Waals surface area (Å²) in [6.45, 7) is 0.114. The fraction of sp³-hybridized carbons (Fsp3) is 0.0625. The first kappa shape index (κ1) is 14.7. The van der Waals surface area contributed by atoms with Crippen LogP contribution in [0.15, 0.2) is 54.6 Å². The molecular weight excluding hydrogens is 339 g/mol. The van der Waals surface area contributed by atoms with Crippen molar-refractivity contribution in [3.8, 4) is 10.7 Å². The van der Waals surface area contributed by atoms with Gasteiger partial charge in [0.05, 0.1) is 0 Å². The zero-order chi connectivity index (χ0) is 14.2. The molecule has 2 nitrogen and oxygen atoms in total. The van der Waals surface area contributed by atoms with E-state index in [9.17, 15) is 4.79 Å². The van der Waals surface area contributed by atoms with Crippen LogP contribution in [-0.2, 0) is 4.74 Å². The first-order valence-electron chi connectivity index (χ1n) is 5.88. The molecule has 0 unspecified atom stereocenters. The van der Waals surface area contributed by atoms with Gasteiger partial charge in [0, 0.05) is 0 Å². The average Bonchev–Trinajstić information content (AvgIpc) is 2.49. The SMILES string of the molecule is O=C(OCC#C[Se]c1ccc(Cl)cc1)c1ccccc1. The number of hydrogen-bond acceptors (Lipinski definition) is 2. The molecule has 2 rings (SSSR count). The third kappa shape index (κ3) is 4.75. The molecule has 0 aliphatic carbocycles. The summed E-state index contributed by atoms with van der Waals surface area (Å²) in [4.78, 5) is 14.6. The van der Waals surface area contributed by atoms with Crippen molar-refractivity contribution in [2.75, 3.05) is 6.61 Å². The number of halogens is 1. The van der Waals surface area contributed by atoms with Crippen molar-refractivity contribution in [3.63, 3.8) is 0 Å². The van der Waals surface area contributed by atoms with Gasteiger partial charge in [-0.2, -0.15) is 0 Å². The summed E-state index contributed by atoms with van der Waals surface area (Å²) in [5.74, 6) is 2.50. The molecule has 0 aliphatic heterocycles. The van der Waals surface area contributed by atoms with E-state index >= 15 is 0 Å². The van der Waals surface area contributed by atoms with E-state index in [4.69, 9.17) is 16.3 Å². The third-order valence-electron chi connectivity index (χ3n) is 2.34. The van der Waals surface area contributed by atoms with E-state index in [1.165, 1.54) is 0 Å². The fourth-order valence-corrected chi connectivity index (χ4v) is 2.61. The van der Waals surface area contributed by atoms with E-state index in [0.717, 1.165) is 4.46 Å². The number of hydrogen-bond donors (Lipinski definition) is 0. The van der Waals surface area contributed by atoms with Gasteiger partial charge in [-0.25, -0.2) is 0 Å². The average molecular weight is 350 g/mol. The zero-order valence-electron chi connectivity index (χ0n) is 10.5. The maximum atomic E-state index is 11.6. The topological polar surface area (TPSA) is 26.3 Å². The Kier molecular flexibility index (Phi) is 5.70. The van der Waals surface area contributed by atoms with Crippen LogP contribution >= 0.6 is 11.6 Å². The molecule has 0 spiro atoms. The van der Waals surface area contributed by atoms with Crippen molar-refractivity contribution in [1.29, 1.82) is 0 Å². The molecule has 2 aromatic rings. The van der Waals surface area contributed by atoms with Gasteiger partial charge in [0.1, 0.15) is 0 Å². The number of carbonyl (C=O) groups excluding carboxylic acids is 1. The summed E-state index contributed by atoms with van der Waals surface area (Å²) >= 11 is 5.85. The second-order valence-electron chi connectivity index (χ2n) is 3.78. The van der Waals surface area contributed by atoms with Crippen LogP contribution in [-0.4, -0.2) is 27.5 Å². The number of rotatable bonds is 3. The van der Waals surface area contributed by atoms with E-state index in [-0.39, 0.29) is 27.5 Å². The predicted molar refractivity (Wildman–Crippen MR) is 81.3 cm³/mol. The van der Waals surface area contributed by atoms with Gasteiger partial charge in [0.15, 0.2) is 0 Å². The van der Waals surface area contributed by atoms with Crippen LogP contribution < -0.4 is 4.46 Å². The molecule has 0 amide bonds. The number of carbonyl (C=O) groups is 1. The molecule has 0 atom stereocenters. The van der Waals surface area contributed by atoms with E-state index in [1.54, 1.807) is 24.3 Å². The van der Waals surface area contributed by atoms with Crippen LogP contribution in [0.1, 0.15) is 10.4 Å². The molecule has 0 saturated carbocycles. The van der Waals surface area contributed by atoms with Gasteiger partial charge in [0.25, 0.3) is 0 Å². The summed E-state index contributed by atoms with van der Waals surface area (Å²) in [5.41, 5.74) is 0.539. The molecule has 4 heteroatoms. The maximum absolute atomic E-state index is 11.6. The minimum absolute atomic E-state index is 0.0454. The van der Waals surface area contributed by atoms with Gasteiger partial charge in [-0.3, -0.25) is 0 Å². The standard InChI is InChI=1S/C16H11ClO2Se/c17-14-7-9-15(10-8-14)20-12-4-11-19-16(18)13-5-2-1-3-6-13/h1-3,5-10H,11H2. The second kappa shape index (κ2) is 7.77. The van der Waals surface area contributed by atoms with Gasteiger partial charge >= 0.3 is 129 Å². The normalized spacial score (nSPS) is 9.45. The van der Waals surface area contributed by atoms with Crippen molar-refractivity contribution >= 4 is 37.0 Å². The second-order valence-corrected chi connectivity index (χ2v) is 6.06. The Morgan fingerprint density at radius 2 is 1.80 bits per heavy atom. The van der Waals surface area contributed by atoms with Crippen LogP contribution in [0.2, 0.25) is 5.02 Å². The summed E-state index contributed by atoms with van der Waals surface area (Å²) in [6.07, 6.45) is 0. The summed E-state index contributed by atoms with van der Waals surface area (Å²) < 4.78 is 6.20. The monoisotopic (exact) mass is 350 g/mol. The molecule has 0 bridgehead atoms. The van der Waals surface area contributed by atoms with Crippen molar-refractivity contribution in [3.05, 3.63) is 65.2 Å². The minimum atomic E-state index is -0.348. The van der Waals surface area contributed by atoms with Gasteiger partial charge in [-0.05, 0) is 0 Å². The summed E-state index contributed by atoms with van der Waals surface area (Å²) in [7, 11) is 0. The molecule has 0 aromatic heterocycles. The Labute approximate surface area is 129 Å². The first-order valence-corrected chi connectivity index (χ1v) is 7.97. The number of benzene rings is 2. The van der Waals surface area contributed by atoms with E-state index in [2.05, 4.69) is 10.7 Å². The molecular formula is C16H11ClO2Se. The quantitative estimate of drug-likeness (QED) is 0.483. The van der Waals surface area contributed by atoms with Crippen LogP contribution in [0.3, 0.4) is 0 Å². The van der Waals surface area contributed by atoms with Gasteiger partial charge in [-0.15, -0.1) is 0 Å². The molecule has 0 saturated heterocycles. The van der Waals surface area contributed by atoms with Crippen LogP contribution in [0, 0.1) is 10.7 Å². The molecule has 0 N–H and O–H groups in total. The van der Waals surface area contributed by atoms with Gasteiger partial charge in [-0.1, -0.05) is 0 Å². The molecule has 100 valence electrons. The molecule has 0 fully saturated rings. The Hall–Kier alpha value is -1.72. The van der Waals surface area contributed by atoms with Crippen molar-refractivity contribution in [2.24, 2.45) is 0 Å². The molecule has 20 heavy (non-hydrogen) atoms. The molecule has 0 aliphatic rings. The molecule has 0 heterocycles. The van der Waals surface area contributed by atoms with Gasteiger partial charge in [0.2, 0.25) is 0 Å². The summed E-state index contributed by atoms with van der Waals surface area (Å²) in [6, 6.07) is 16.5. The van der Waals surface area contributed by atoms with Crippen LogP contribution in [0.5, 0.6) is 0 Å². The van der Waals surface area contributed by atoms with Crippen LogP contribution in [0.4, 0.5) is 0 Å². The number of esters is 1. The predicted octanol–water partition coefficient (Wildman–Crippen LogP) is 2.49. The first-order chi connectivity index (χ1) is 9.75. The molecule has 0 radical (unpaired) electrons. The Morgan fingerprint density at radius 1 is 1.10 bits per heavy atom. The van der Waals surface area contributed by atoms with Gasteiger partial charge < -0.3 is 0 Å². The Balaban J connectivity index is 1.78.